The summed E-state index contributed by atoms with van der Waals surface area (Å²) in [6.07, 6.45) is 5.52. The fourth-order valence-corrected chi connectivity index (χ4v) is 3.75. The minimum Gasteiger partial charge on any atom is -0.494 e. The predicted molar refractivity (Wildman–Crippen MR) is 134 cm³/mol. The molecule has 5 heteroatoms. The zero-order valence-corrected chi connectivity index (χ0v) is 19.1. The van der Waals surface area contributed by atoms with Crippen LogP contribution in [-0.4, -0.2) is 24.7 Å². The van der Waals surface area contributed by atoms with Crippen molar-refractivity contribution in [3.63, 3.8) is 0 Å². The van der Waals surface area contributed by atoms with Crippen molar-refractivity contribution in [1.82, 2.24) is 4.98 Å². The van der Waals surface area contributed by atoms with Gasteiger partial charge in [-0.15, -0.1) is 0 Å². The first-order chi connectivity index (χ1) is 16.1. The van der Waals surface area contributed by atoms with Gasteiger partial charge in [0, 0.05) is 10.4 Å². The smallest absolute Gasteiger partial charge is 0.338 e. The van der Waals surface area contributed by atoms with Gasteiger partial charge in [0.1, 0.15) is 5.75 Å². The van der Waals surface area contributed by atoms with Crippen molar-refractivity contribution < 1.29 is 14.3 Å². The molecule has 4 aromatic rings. The number of nitrogens with zero attached hydrogens (tertiary/aromatic N) is 1. The normalized spacial score (nSPS) is 11.1. The fourth-order valence-electron chi connectivity index (χ4n) is 3.59. The van der Waals surface area contributed by atoms with Gasteiger partial charge in [0.25, 0.3) is 0 Å². The van der Waals surface area contributed by atoms with Crippen LogP contribution in [0.3, 0.4) is 0 Å². The Hall–Kier alpha value is -3.63. The maximum atomic E-state index is 11.9. The highest BCUT2D eigenvalue weighted by atomic mass is 35.5. The summed E-state index contributed by atoms with van der Waals surface area (Å²) in [6.45, 7) is 0.551. The second-order valence-electron chi connectivity index (χ2n) is 7.58. The van der Waals surface area contributed by atoms with E-state index in [9.17, 15) is 4.79 Å². The molecule has 0 amide bonds. The van der Waals surface area contributed by atoms with E-state index >= 15 is 0 Å². The summed E-state index contributed by atoms with van der Waals surface area (Å²) in [6, 6.07) is 25.2. The van der Waals surface area contributed by atoms with Crippen LogP contribution in [0.25, 0.3) is 23.1 Å². The fraction of sp³-hybridized carbons (Fsp3) is 0.143. The molecule has 3 aromatic carbocycles. The lowest BCUT2D eigenvalue weighted by atomic mass is 10.0. The highest BCUT2D eigenvalue weighted by Crippen LogP contribution is 2.20. The summed E-state index contributed by atoms with van der Waals surface area (Å²) in [5.74, 6) is 0.492. The monoisotopic (exact) mass is 457 g/mol. The Morgan fingerprint density at radius 2 is 1.82 bits per heavy atom. The van der Waals surface area contributed by atoms with Gasteiger partial charge in [-0.25, -0.2) is 9.78 Å². The average molecular weight is 458 g/mol. The lowest BCUT2D eigenvalue weighted by Gasteiger charge is -2.09. The lowest BCUT2D eigenvalue weighted by Crippen LogP contribution is -2.07. The predicted octanol–water partition coefficient (Wildman–Crippen LogP) is 6.86. The molecule has 0 radical (unpaired) electrons. The number of benzene rings is 3. The quantitative estimate of drug-likeness (QED) is 0.214. The van der Waals surface area contributed by atoms with Gasteiger partial charge in [-0.3, -0.25) is 0 Å². The second-order valence-corrected chi connectivity index (χ2v) is 8.02. The molecule has 0 aliphatic carbocycles. The molecule has 0 aliphatic rings. The zero-order valence-electron chi connectivity index (χ0n) is 18.3. The number of ether oxygens (including phenoxy) is 2. The van der Waals surface area contributed by atoms with E-state index in [-0.39, 0.29) is 5.97 Å². The molecule has 0 saturated carbocycles. The second kappa shape index (κ2) is 10.8. The zero-order chi connectivity index (χ0) is 23.0. The van der Waals surface area contributed by atoms with Crippen molar-refractivity contribution in [2.24, 2.45) is 0 Å². The lowest BCUT2D eigenvalue weighted by molar-refractivity contribution is 0.0599. The number of carbonyl (C=O) groups is 1. The van der Waals surface area contributed by atoms with Crippen molar-refractivity contribution in [1.29, 1.82) is 0 Å². The Morgan fingerprint density at radius 3 is 2.70 bits per heavy atom. The Balaban J connectivity index is 1.35. The van der Waals surface area contributed by atoms with Gasteiger partial charge in [0.15, 0.2) is 0 Å². The molecule has 0 bridgehead atoms. The van der Waals surface area contributed by atoms with E-state index in [0.717, 1.165) is 46.3 Å². The molecular weight excluding hydrogens is 434 g/mol. The van der Waals surface area contributed by atoms with Crippen LogP contribution >= 0.6 is 11.6 Å². The van der Waals surface area contributed by atoms with Crippen LogP contribution in [0.2, 0.25) is 5.02 Å². The van der Waals surface area contributed by atoms with Crippen LogP contribution in [-0.2, 0) is 11.2 Å². The number of rotatable bonds is 8. The number of carbonyl (C=O) groups excluding carboxylic acids is 1. The molecule has 0 saturated heterocycles. The van der Waals surface area contributed by atoms with Gasteiger partial charge < -0.3 is 9.47 Å². The van der Waals surface area contributed by atoms with E-state index in [0.29, 0.717) is 17.2 Å². The van der Waals surface area contributed by atoms with Gasteiger partial charge in [0.05, 0.1) is 30.5 Å². The third-order valence-corrected chi connectivity index (χ3v) is 5.50. The van der Waals surface area contributed by atoms with E-state index in [1.165, 1.54) is 7.11 Å². The molecule has 0 aliphatic heterocycles. The van der Waals surface area contributed by atoms with Crippen LogP contribution in [0, 0.1) is 0 Å². The number of hydrogen-bond donors (Lipinski definition) is 0. The number of methoxy groups -OCH3 is 1. The molecule has 4 rings (SSSR count). The Bertz CT molecular complexity index is 1300. The summed E-state index contributed by atoms with van der Waals surface area (Å²) >= 11 is 6.08. The average Bonchev–Trinajstić information content (AvgIpc) is 2.85. The number of esters is 1. The molecule has 0 N–H and O–H groups in total. The van der Waals surface area contributed by atoms with Gasteiger partial charge >= 0.3 is 5.97 Å². The highest BCUT2D eigenvalue weighted by molar-refractivity contribution is 6.31. The summed E-state index contributed by atoms with van der Waals surface area (Å²) in [5.41, 5.74) is 4.33. The number of aryl methyl sites for hydroxylation is 1. The van der Waals surface area contributed by atoms with E-state index in [2.05, 4.69) is 4.98 Å². The van der Waals surface area contributed by atoms with Crippen molar-refractivity contribution in [3.8, 4) is 5.75 Å². The SMILES string of the molecule is COC(=O)c1ccccc1CCCOc1cccc(/C=C/c2ccc3ccc(Cl)cc3n2)c1. The number of halogens is 1. The van der Waals surface area contributed by atoms with Crippen LogP contribution in [0.4, 0.5) is 0 Å². The van der Waals surface area contributed by atoms with Crippen LogP contribution < -0.4 is 4.74 Å². The van der Waals surface area contributed by atoms with Crippen LogP contribution in [0.15, 0.2) is 78.9 Å². The van der Waals surface area contributed by atoms with E-state index in [1.54, 1.807) is 6.07 Å². The first kappa shape index (κ1) is 22.6. The number of aromatic nitrogens is 1. The number of pyridine rings is 1. The molecule has 1 heterocycles. The van der Waals surface area contributed by atoms with Gasteiger partial charge in [-0.2, -0.15) is 0 Å². The first-order valence-corrected chi connectivity index (χ1v) is 11.1. The molecule has 4 nitrogen and oxygen atoms in total. The van der Waals surface area contributed by atoms with Crippen molar-refractivity contribution in [3.05, 3.63) is 106 Å². The Morgan fingerprint density at radius 1 is 0.970 bits per heavy atom. The van der Waals surface area contributed by atoms with Gasteiger partial charge in [0.2, 0.25) is 0 Å². The molecule has 0 unspecified atom stereocenters. The van der Waals surface area contributed by atoms with Crippen LogP contribution in [0.5, 0.6) is 5.75 Å². The third-order valence-electron chi connectivity index (χ3n) is 5.26. The molecule has 0 atom stereocenters. The number of hydrogen-bond acceptors (Lipinski definition) is 4. The van der Waals surface area contributed by atoms with Crippen molar-refractivity contribution in [2.75, 3.05) is 13.7 Å². The minimum absolute atomic E-state index is 0.310. The van der Waals surface area contributed by atoms with E-state index < -0.39 is 0 Å². The van der Waals surface area contributed by atoms with Gasteiger partial charge in [-0.05, 0) is 66.4 Å². The molecule has 0 fully saturated rings. The largest absolute Gasteiger partial charge is 0.494 e. The summed E-state index contributed by atoms with van der Waals surface area (Å²) in [7, 11) is 1.40. The van der Waals surface area contributed by atoms with Crippen LogP contribution in [0.1, 0.15) is 33.6 Å². The summed E-state index contributed by atoms with van der Waals surface area (Å²) in [4.78, 5) is 16.6. The minimum atomic E-state index is -0.310. The molecule has 1 aromatic heterocycles. The summed E-state index contributed by atoms with van der Waals surface area (Å²) < 4.78 is 10.8. The highest BCUT2D eigenvalue weighted by Gasteiger charge is 2.10. The number of fused-ring (bicyclic) bond motifs is 1. The third kappa shape index (κ3) is 5.99. The molecule has 0 spiro atoms. The van der Waals surface area contributed by atoms with E-state index in [1.807, 2.05) is 84.9 Å². The molecule has 166 valence electrons. The Kier molecular flexibility index (Phi) is 7.38. The van der Waals surface area contributed by atoms with Crippen molar-refractivity contribution >= 4 is 40.6 Å². The molecular formula is C28H24ClNO3. The standard InChI is InChI=1S/C28H24ClNO3/c1-32-28(31)26-10-3-2-7-21(26)8-5-17-33-25-9-4-6-20(18-25)11-15-24-16-13-22-12-14-23(29)19-27(22)30-24/h2-4,6-7,9-16,18-19H,5,8,17H2,1H3/b15-11+. The van der Waals surface area contributed by atoms with E-state index in [4.69, 9.17) is 21.1 Å². The topological polar surface area (TPSA) is 48.4 Å². The first-order valence-electron chi connectivity index (χ1n) is 10.8. The van der Waals surface area contributed by atoms with Gasteiger partial charge in [-0.1, -0.05) is 60.1 Å². The maximum Gasteiger partial charge on any atom is 0.338 e. The molecule has 33 heavy (non-hydrogen) atoms. The Labute approximate surface area is 198 Å². The maximum absolute atomic E-state index is 11.9. The summed E-state index contributed by atoms with van der Waals surface area (Å²) in [5, 5.41) is 1.73. The van der Waals surface area contributed by atoms with Crippen molar-refractivity contribution in [2.45, 2.75) is 12.8 Å².